The summed E-state index contributed by atoms with van der Waals surface area (Å²) >= 11 is 5.86. The standard InChI is InChI=1S/C21H21ClN2O5S/c1-24-19-15(4-3-5-18(19)29-10-11-30(2,27)28)12-17(21(24)26)20(25)23-13-14-6-8-16(22)9-7-14/h3-9,12H,10-11,13H2,1-2H3,(H,23,25). The number of para-hydroxylation sites is 1. The predicted molar refractivity (Wildman–Crippen MR) is 117 cm³/mol. The summed E-state index contributed by atoms with van der Waals surface area (Å²) in [6, 6.07) is 13.7. The molecule has 0 unspecified atom stereocenters. The van der Waals surface area contributed by atoms with Gasteiger partial charge in [0, 0.05) is 30.3 Å². The molecule has 0 aliphatic carbocycles. The van der Waals surface area contributed by atoms with Crippen LogP contribution in [0.25, 0.3) is 10.9 Å². The van der Waals surface area contributed by atoms with E-state index in [1.807, 2.05) is 0 Å². The smallest absolute Gasteiger partial charge is 0.263 e. The van der Waals surface area contributed by atoms with Gasteiger partial charge in [0.1, 0.15) is 17.9 Å². The number of pyridine rings is 1. The van der Waals surface area contributed by atoms with Gasteiger partial charge in [0.15, 0.2) is 9.84 Å². The van der Waals surface area contributed by atoms with Crippen molar-refractivity contribution in [2.24, 2.45) is 7.05 Å². The Bertz CT molecular complexity index is 1250. The second kappa shape index (κ2) is 8.89. The Morgan fingerprint density at radius 2 is 1.87 bits per heavy atom. The molecule has 3 rings (SSSR count). The summed E-state index contributed by atoms with van der Waals surface area (Å²) in [7, 11) is -1.62. The number of nitrogens with one attached hydrogen (secondary N) is 1. The first-order chi connectivity index (χ1) is 14.2. The van der Waals surface area contributed by atoms with Crippen molar-refractivity contribution in [3.05, 3.63) is 75.0 Å². The van der Waals surface area contributed by atoms with Crippen LogP contribution in [0, 0.1) is 0 Å². The second-order valence-electron chi connectivity index (χ2n) is 6.90. The van der Waals surface area contributed by atoms with Gasteiger partial charge in [0.2, 0.25) is 0 Å². The Balaban J connectivity index is 1.86. The molecule has 7 nitrogen and oxygen atoms in total. The van der Waals surface area contributed by atoms with Gasteiger partial charge in [0.25, 0.3) is 11.5 Å². The molecule has 1 heterocycles. The molecule has 30 heavy (non-hydrogen) atoms. The van der Waals surface area contributed by atoms with Crippen LogP contribution in [0.2, 0.25) is 5.02 Å². The number of fused-ring (bicyclic) bond motifs is 1. The maximum absolute atomic E-state index is 12.8. The largest absolute Gasteiger partial charge is 0.490 e. The SMILES string of the molecule is Cn1c(=O)c(C(=O)NCc2ccc(Cl)cc2)cc2cccc(OCCS(C)(=O)=O)c21. The molecule has 158 valence electrons. The van der Waals surface area contributed by atoms with Crippen LogP contribution in [0.5, 0.6) is 5.75 Å². The van der Waals surface area contributed by atoms with Crippen molar-refractivity contribution in [2.45, 2.75) is 6.54 Å². The van der Waals surface area contributed by atoms with Gasteiger partial charge in [-0.15, -0.1) is 0 Å². The van der Waals surface area contributed by atoms with E-state index < -0.39 is 21.3 Å². The minimum Gasteiger partial charge on any atom is -0.490 e. The molecule has 0 radical (unpaired) electrons. The molecule has 0 aliphatic rings. The maximum atomic E-state index is 12.8. The highest BCUT2D eigenvalue weighted by Crippen LogP contribution is 2.24. The van der Waals surface area contributed by atoms with Crippen LogP contribution in [0.1, 0.15) is 15.9 Å². The fourth-order valence-corrected chi connectivity index (χ4v) is 3.49. The molecular weight excluding hydrogens is 428 g/mol. The van der Waals surface area contributed by atoms with Crippen LogP contribution >= 0.6 is 11.6 Å². The Hall–Kier alpha value is -2.84. The van der Waals surface area contributed by atoms with E-state index in [1.165, 1.54) is 10.6 Å². The first kappa shape index (κ1) is 21.9. The molecule has 3 aromatic rings. The van der Waals surface area contributed by atoms with E-state index in [9.17, 15) is 18.0 Å². The fourth-order valence-electron chi connectivity index (χ4n) is 2.98. The molecule has 1 aromatic heterocycles. The molecule has 0 spiro atoms. The molecule has 0 fully saturated rings. The van der Waals surface area contributed by atoms with Crippen molar-refractivity contribution in [3.8, 4) is 5.75 Å². The summed E-state index contributed by atoms with van der Waals surface area (Å²) in [6.07, 6.45) is 1.13. The first-order valence-corrected chi connectivity index (χ1v) is 11.6. The van der Waals surface area contributed by atoms with Crippen molar-refractivity contribution in [3.63, 3.8) is 0 Å². The van der Waals surface area contributed by atoms with Crippen molar-refractivity contribution < 1.29 is 17.9 Å². The van der Waals surface area contributed by atoms with Crippen LogP contribution in [0.3, 0.4) is 0 Å². The van der Waals surface area contributed by atoms with E-state index in [1.54, 1.807) is 49.5 Å². The summed E-state index contributed by atoms with van der Waals surface area (Å²) in [4.78, 5) is 25.4. The van der Waals surface area contributed by atoms with E-state index in [0.717, 1.165) is 11.8 Å². The number of sulfone groups is 1. The lowest BCUT2D eigenvalue weighted by Gasteiger charge is -2.14. The van der Waals surface area contributed by atoms with Crippen LogP contribution in [0.4, 0.5) is 0 Å². The molecule has 9 heteroatoms. The number of rotatable bonds is 7. The molecule has 0 saturated carbocycles. The Kier molecular flexibility index (Phi) is 6.48. The van der Waals surface area contributed by atoms with Crippen LogP contribution < -0.4 is 15.6 Å². The quantitative estimate of drug-likeness (QED) is 0.599. The summed E-state index contributed by atoms with van der Waals surface area (Å²) in [6.45, 7) is 0.224. The van der Waals surface area contributed by atoms with Crippen LogP contribution in [-0.2, 0) is 23.4 Å². The zero-order valence-electron chi connectivity index (χ0n) is 16.5. The third-order valence-corrected chi connectivity index (χ3v) is 5.68. The van der Waals surface area contributed by atoms with Gasteiger partial charge in [-0.05, 0) is 29.8 Å². The van der Waals surface area contributed by atoms with Crippen LogP contribution in [-0.4, -0.2) is 37.5 Å². The molecule has 0 aliphatic heterocycles. The van der Waals surface area contributed by atoms with E-state index in [4.69, 9.17) is 16.3 Å². The highest BCUT2D eigenvalue weighted by atomic mass is 35.5. The highest BCUT2D eigenvalue weighted by molar-refractivity contribution is 7.90. The minimum atomic E-state index is -3.17. The summed E-state index contributed by atoms with van der Waals surface area (Å²) in [5.41, 5.74) is 0.875. The minimum absolute atomic E-state index is 0.00671. The molecule has 0 saturated heterocycles. The number of hydrogen-bond donors (Lipinski definition) is 1. The zero-order chi connectivity index (χ0) is 21.9. The first-order valence-electron chi connectivity index (χ1n) is 9.11. The van der Waals surface area contributed by atoms with E-state index in [2.05, 4.69) is 5.32 Å². The monoisotopic (exact) mass is 448 g/mol. The van der Waals surface area contributed by atoms with Gasteiger partial charge in [-0.3, -0.25) is 9.59 Å². The van der Waals surface area contributed by atoms with Crippen molar-refractivity contribution in [1.29, 1.82) is 0 Å². The summed E-state index contributed by atoms with van der Waals surface area (Å²) in [5, 5.41) is 3.97. The fraction of sp³-hybridized carbons (Fsp3) is 0.238. The third-order valence-electron chi connectivity index (χ3n) is 4.52. The lowest BCUT2D eigenvalue weighted by molar-refractivity contribution is 0.0949. The number of nitrogens with zero attached hydrogens (tertiary/aromatic N) is 1. The van der Waals surface area contributed by atoms with Gasteiger partial charge in [-0.2, -0.15) is 0 Å². The number of aromatic nitrogens is 1. The molecular formula is C21H21ClN2O5S. The third kappa shape index (κ3) is 5.20. The summed E-state index contributed by atoms with van der Waals surface area (Å²) in [5.74, 6) is -0.248. The Morgan fingerprint density at radius 3 is 2.53 bits per heavy atom. The number of hydrogen-bond acceptors (Lipinski definition) is 5. The number of halogens is 1. The molecule has 1 N–H and O–H groups in total. The van der Waals surface area contributed by atoms with Gasteiger partial charge in [0.05, 0.1) is 11.3 Å². The van der Waals surface area contributed by atoms with E-state index in [-0.39, 0.29) is 24.5 Å². The van der Waals surface area contributed by atoms with Crippen molar-refractivity contribution in [1.82, 2.24) is 9.88 Å². The van der Waals surface area contributed by atoms with Gasteiger partial charge >= 0.3 is 0 Å². The Labute approximate surface area is 179 Å². The predicted octanol–water partition coefficient (Wildman–Crippen LogP) is 2.55. The topological polar surface area (TPSA) is 94.5 Å². The number of amides is 1. The zero-order valence-corrected chi connectivity index (χ0v) is 18.1. The van der Waals surface area contributed by atoms with E-state index in [0.29, 0.717) is 21.7 Å². The van der Waals surface area contributed by atoms with Crippen molar-refractivity contribution >= 4 is 38.2 Å². The average molecular weight is 449 g/mol. The van der Waals surface area contributed by atoms with Gasteiger partial charge in [-0.25, -0.2) is 8.42 Å². The van der Waals surface area contributed by atoms with Crippen molar-refractivity contribution in [2.75, 3.05) is 18.6 Å². The number of carbonyl (C=O) groups is 1. The number of benzene rings is 2. The molecule has 0 atom stereocenters. The van der Waals surface area contributed by atoms with Gasteiger partial charge in [-0.1, -0.05) is 35.9 Å². The van der Waals surface area contributed by atoms with E-state index >= 15 is 0 Å². The number of carbonyl (C=O) groups excluding carboxylic acids is 1. The molecule has 1 amide bonds. The number of aryl methyl sites for hydroxylation is 1. The lowest BCUT2D eigenvalue weighted by Crippen LogP contribution is -2.32. The van der Waals surface area contributed by atoms with Gasteiger partial charge < -0.3 is 14.6 Å². The molecule has 0 bridgehead atoms. The lowest BCUT2D eigenvalue weighted by atomic mass is 10.1. The maximum Gasteiger partial charge on any atom is 0.263 e. The number of ether oxygens (including phenoxy) is 1. The average Bonchev–Trinajstić information content (AvgIpc) is 2.69. The normalized spacial score (nSPS) is 11.4. The highest BCUT2D eigenvalue weighted by Gasteiger charge is 2.16. The van der Waals surface area contributed by atoms with Crippen LogP contribution in [0.15, 0.2) is 53.3 Å². The Morgan fingerprint density at radius 1 is 1.17 bits per heavy atom. The second-order valence-corrected chi connectivity index (χ2v) is 9.60. The molecule has 2 aromatic carbocycles. The summed E-state index contributed by atoms with van der Waals surface area (Å²) < 4.78 is 29.6.